The first-order chi connectivity index (χ1) is 12.2. The fourth-order valence-corrected chi connectivity index (χ4v) is 3.69. The Morgan fingerprint density at radius 1 is 1.36 bits per heavy atom. The smallest absolute Gasteiger partial charge is 0.233 e. The summed E-state index contributed by atoms with van der Waals surface area (Å²) in [6.45, 7) is 1.94. The molecular weight excluding hydrogens is 336 g/mol. The van der Waals surface area contributed by atoms with Crippen molar-refractivity contribution in [3.05, 3.63) is 36.2 Å². The molecule has 1 unspecified atom stereocenters. The number of aromatic nitrogens is 1. The Morgan fingerprint density at radius 3 is 2.76 bits per heavy atom. The lowest BCUT2D eigenvalue weighted by Crippen LogP contribution is -2.37. The minimum atomic E-state index is -0.0956. The van der Waals surface area contributed by atoms with Crippen molar-refractivity contribution in [2.75, 3.05) is 7.11 Å². The Kier molecular flexibility index (Phi) is 6.02. The highest BCUT2D eigenvalue weighted by atomic mass is 32.2. The van der Waals surface area contributed by atoms with Crippen LogP contribution in [0.3, 0.4) is 0 Å². The van der Waals surface area contributed by atoms with Crippen molar-refractivity contribution in [2.45, 2.75) is 49.7 Å². The Bertz CT molecular complexity index is 693. The highest BCUT2D eigenvalue weighted by Gasteiger charge is 2.21. The van der Waals surface area contributed by atoms with E-state index in [1.807, 2.05) is 31.2 Å². The van der Waals surface area contributed by atoms with Crippen LogP contribution in [0.1, 0.15) is 38.3 Å². The van der Waals surface area contributed by atoms with E-state index in [-0.39, 0.29) is 11.2 Å². The summed E-state index contributed by atoms with van der Waals surface area (Å²) >= 11 is 1.58. The second-order valence-electron chi connectivity index (χ2n) is 6.32. The molecule has 134 valence electrons. The van der Waals surface area contributed by atoms with Gasteiger partial charge < -0.3 is 14.5 Å². The van der Waals surface area contributed by atoms with Crippen LogP contribution in [0.5, 0.6) is 5.75 Å². The molecule has 1 heterocycles. The van der Waals surface area contributed by atoms with Gasteiger partial charge >= 0.3 is 0 Å². The van der Waals surface area contributed by atoms with E-state index in [1.54, 1.807) is 25.1 Å². The molecule has 0 saturated heterocycles. The Hall–Kier alpha value is -1.95. The zero-order valence-corrected chi connectivity index (χ0v) is 15.5. The molecule has 5 nitrogen and oxygen atoms in total. The zero-order chi connectivity index (χ0) is 17.6. The second kappa shape index (κ2) is 8.43. The maximum atomic E-state index is 12.2. The minimum Gasteiger partial charge on any atom is -0.497 e. The summed E-state index contributed by atoms with van der Waals surface area (Å²) in [5.74, 6) is 2.16. The predicted molar refractivity (Wildman–Crippen MR) is 99.6 cm³/mol. The summed E-state index contributed by atoms with van der Waals surface area (Å²) < 4.78 is 10.7. The van der Waals surface area contributed by atoms with Gasteiger partial charge in [0.05, 0.1) is 18.1 Å². The molecule has 1 amide bonds. The average Bonchev–Trinajstić information content (AvgIpc) is 3.31. The van der Waals surface area contributed by atoms with Gasteiger partial charge in [0.25, 0.3) is 0 Å². The van der Waals surface area contributed by atoms with Crippen LogP contribution in [0.25, 0.3) is 11.5 Å². The number of carbonyl (C=O) groups excluding carboxylic acids is 1. The van der Waals surface area contributed by atoms with Gasteiger partial charge in [-0.3, -0.25) is 4.79 Å². The third kappa shape index (κ3) is 4.78. The van der Waals surface area contributed by atoms with Crippen molar-refractivity contribution >= 4 is 17.7 Å². The molecule has 1 N–H and O–H groups in total. The lowest BCUT2D eigenvalue weighted by molar-refractivity contribution is -0.120. The summed E-state index contributed by atoms with van der Waals surface area (Å²) in [4.78, 5) is 16.7. The van der Waals surface area contributed by atoms with Crippen LogP contribution in [0, 0.1) is 0 Å². The van der Waals surface area contributed by atoms with Crippen LogP contribution in [-0.2, 0) is 10.5 Å². The third-order valence-electron chi connectivity index (χ3n) is 4.44. The fraction of sp³-hybridized carbons (Fsp3) is 0.474. The maximum Gasteiger partial charge on any atom is 0.233 e. The number of oxazole rings is 1. The number of hydrogen-bond acceptors (Lipinski definition) is 5. The molecule has 1 fully saturated rings. The lowest BCUT2D eigenvalue weighted by atomic mass is 10.2. The van der Waals surface area contributed by atoms with Crippen molar-refractivity contribution in [3.8, 4) is 17.2 Å². The summed E-state index contributed by atoms with van der Waals surface area (Å²) in [6.07, 6.45) is 6.32. The van der Waals surface area contributed by atoms with Gasteiger partial charge in [0.15, 0.2) is 0 Å². The Balaban J connectivity index is 1.51. The zero-order valence-electron chi connectivity index (χ0n) is 14.7. The van der Waals surface area contributed by atoms with Crippen LogP contribution in [0.2, 0.25) is 0 Å². The molecule has 0 aliphatic heterocycles. The number of thioether (sulfide) groups is 1. The molecule has 1 atom stereocenters. The van der Waals surface area contributed by atoms with E-state index >= 15 is 0 Å². The topological polar surface area (TPSA) is 64.4 Å². The first-order valence-corrected chi connectivity index (χ1v) is 9.71. The van der Waals surface area contributed by atoms with Crippen LogP contribution in [0.15, 0.2) is 34.9 Å². The number of rotatable bonds is 7. The van der Waals surface area contributed by atoms with Gasteiger partial charge in [-0.05, 0) is 44.0 Å². The molecule has 25 heavy (non-hydrogen) atoms. The monoisotopic (exact) mass is 360 g/mol. The molecule has 3 rings (SSSR count). The molecule has 0 bridgehead atoms. The number of nitrogens with zero attached hydrogens (tertiary/aromatic N) is 1. The number of ether oxygens (including phenoxy) is 1. The quantitative estimate of drug-likeness (QED) is 0.807. The number of nitrogens with one attached hydrogen (secondary N) is 1. The largest absolute Gasteiger partial charge is 0.497 e. The molecule has 1 saturated carbocycles. The van der Waals surface area contributed by atoms with E-state index in [2.05, 4.69) is 10.3 Å². The second-order valence-corrected chi connectivity index (χ2v) is 7.64. The Labute approximate surface area is 152 Å². The van der Waals surface area contributed by atoms with E-state index in [1.165, 1.54) is 12.8 Å². The highest BCUT2D eigenvalue weighted by Crippen LogP contribution is 2.25. The first-order valence-electron chi connectivity index (χ1n) is 8.66. The molecule has 6 heteroatoms. The molecule has 1 aromatic carbocycles. The van der Waals surface area contributed by atoms with E-state index in [0.717, 1.165) is 29.8 Å². The van der Waals surface area contributed by atoms with Crippen LogP contribution < -0.4 is 10.1 Å². The van der Waals surface area contributed by atoms with Crippen molar-refractivity contribution in [3.63, 3.8) is 0 Å². The molecule has 1 aromatic heterocycles. The molecule has 0 spiro atoms. The van der Waals surface area contributed by atoms with Gasteiger partial charge in [-0.15, -0.1) is 11.8 Å². The summed E-state index contributed by atoms with van der Waals surface area (Å²) in [6, 6.07) is 7.95. The normalized spacial score (nSPS) is 15.9. The minimum absolute atomic E-state index is 0.0956. The van der Waals surface area contributed by atoms with Gasteiger partial charge in [-0.1, -0.05) is 12.8 Å². The van der Waals surface area contributed by atoms with Gasteiger partial charge in [0.2, 0.25) is 11.8 Å². The van der Waals surface area contributed by atoms with Gasteiger partial charge in [0.1, 0.15) is 12.0 Å². The van der Waals surface area contributed by atoms with E-state index < -0.39 is 0 Å². The third-order valence-corrected chi connectivity index (χ3v) is 5.62. The predicted octanol–water partition coefficient (Wildman–Crippen LogP) is 4.03. The van der Waals surface area contributed by atoms with Gasteiger partial charge in [0, 0.05) is 17.4 Å². The number of hydrogen-bond donors (Lipinski definition) is 1. The summed E-state index contributed by atoms with van der Waals surface area (Å²) in [5, 5.41) is 3.05. The number of amides is 1. The SMILES string of the molecule is COc1ccc(-c2nc(CSC(C)C(=O)NC3CCCC3)co2)cc1. The molecular formula is C19H24N2O3S. The highest BCUT2D eigenvalue weighted by molar-refractivity contribution is 7.99. The van der Waals surface area contributed by atoms with E-state index in [4.69, 9.17) is 9.15 Å². The molecule has 1 aliphatic rings. The maximum absolute atomic E-state index is 12.2. The standard InChI is InChI=1S/C19H24N2O3S/c1-13(18(22)20-15-5-3-4-6-15)25-12-16-11-24-19(21-16)14-7-9-17(23-2)10-8-14/h7-11,13,15H,3-6,12H2,1-2H3,(H,20,22). The molecule has 0 radical (unpaired) electrons. The number of methoxy groups -OCH3 is 1. The van der Waals surface area contributed by atoms with Crippen molar-refractivity contribution in [1.82, 2.24) is 10.3 Å². The Morgan fingerprint density at radius 2 is 2.08 bits per heavy atom. The van der Waals surface area contributed by atoms with Crippen molar-refractivity contribution in [2.24, 2.45) is 0 Å². The van der Waals surface area contributed by atoms with Crippen molar-refractivity contribution in [1.29, 1.82) is 0 Å². The van der Waals surface area contributed by atoms with Gasteiger partial charge in [-0.25, -0.2) is 4.98 Å². The first kappa shape index (κ1) is 17.9. The van der Waals surface area contributed by atoms with Crippen LogP contribution >= 0.6 is 11.8 Å². The number of carbonyl (C=O) groups is 1. The summed E-state index contributed by atoms with van der Waals surface area (Å²) in [7, 11) is 1.64. The lowest BCUT2D eigenvalue weighted by Gasteiger charge is -2.15. The van der Waals surface area contributed by atoms with Crippen molar-refractivity contribution < 1.29 is 13.9 Å². The summed E-state index contributed by atoms with van der Waals surface area (Å²) in [5.41, 5.74) is 1.75. The van der Waals surface area contributed by atoms with Crippen LogP contribution in [0.4, 0.5) is 0 Å². The number of benzene rings is 1. The molecule has 1 aliphatic carbocycles. The van der Waals surface area contributed by atoms with E-state index in [0.29, 0.717) is 17.7 Å². The van der Waals surface area contributed by atoms with Gasteiger partial charge in [-0.2, -0.15) is 0 Å². The average molecular weight is 360 g/mol. The molecule has 2 aromatic rings. The van der Waals surface area contributed by atoms with Crippen LogP contribution in [-0.4, -0.2) is 29.3 Å². The fourth-order valence-electron chi connectivity index (χ4n) is 2.91. The van der Waals surface area contributed by atoms with E-state index in [9.17, 15) is 4.79 Å².